The van der Waals surface area contributed by atoms with Crippen LogP contribution in [0.2, 0.25) is 5.02 Å². The van der Waals surface area contributed by atoms with Gasteiger partial charge in [-0.2, -0.15) is 0 Å². The van der Waals surface area contributed by atoms with Gasteiger partial charge in [0.05, 0.1) is 15.6 Å². The summed E-state index contributed by atoms with van der Waals surface area (Å²) < 4.78 is 5.10. The lowest BCUT2D eigenvalue weighted by Crippen LogP contribution is -2.54. The van der Waals surface area contributed by atoms with E-state index in [9.17, 15) is 29.3 Å². The Labute approximate surface area is 201 Å². The van der Waals surface area contributed by atoms with Crippen LogP contribution in [0.15, 0.2) is 18.2 Å². The number of nitro benzene ring substituents is 1. The van der Waals surface area contributed by atoms with Crippen LogP contribution in [0.5, 0.6) is 0 Å². The molecule has 1 aromatic carbocycles. The molecule has 0 bridgehead atoms. The molecule has 0 radical (unpaired) electrons. The highest BCUT2D eigenvalue weighted by molar-refractivity contribution is 6.33. The van der Waals surface area contributed by atoms with Gasteiger partial charge in [0.15, 0.2) is 6.10 Å². The van der Waals surface area contributed by atoms with Crippen LogP contribution in [0, 0.1) is 21.4 Å². The van der Waals surface area contributed by atoms with E-state index in [2.05, 4.69) is 10.6 Å². The fraction of sp³-hybridized carbons (Fsp3) is 0.545. The van der Waals surface area contributed by atoms with Gasteiger partial charge in [0.1, 0.15) is 12.1 Å². The molecule has 1 spiro atoms. The Hall–Kier alpha value is -3.21. The van der Waals surface area contributed by atoms with Crippen molar-refractivity contribution >= 4 is 46.8 Å². The first kappa shape index (κ1) is 25.4. The first-order valence-electron chi connectivity index (χ1n) is 10.8. The second-order valence-corrected chi connectivity index (χ2v) is 10.2. The number of hydrogen-bond donors (Lipinski definition) is 2. The van der Waals surface area contributed by atoms with E-state index in [0.717, 1.165) is 17.4 Å². The third-order valence-corrected chi connectivity index (χ3v) is 6.34. The van der Waals surface area contributed by atoms with Crippen LogP contribution in [0.4, 0.5) is 16.2 Å². The lowest BCUT2D eigenvalue weighted by atomic mass is 9.64. The lowest BCUT2D eigenvalue weighted by Gasteiger charge is -2.43. The minimum Gasteiger partial charge on any atom is -0.451 e. The highest BCUT2D eigenvalue weighted by Gasteiger charge is 2.56. The maximum atomic E-state index is 13.1. The Kier molecular flexibility index (Phi) is 6.88. The number of nitrogens with one attached hydrogen (secondary N) is 2. The number of halogens is 1. The zero-order valence-electron chi connectivity index (χ0n) is 19.3. The van der Waals surface area contributed by atoms with Crippen molar-refractivity contribution in [3.8, 4) is 0 Å². The largest absolute Gasteiger partial charge is 0.451 e. The van der Waals surface area contributed by atoms with Gasteiger partial charge < -0.3 is 15.4 Å². The molecule has 2 aliphatic rings. The van der Waals surface area contributed by atoms with Crippen molar-refractivity contribution in [1.29, 1.82) is 0 Å². The monoisotopic (exact) mass is 494 g/mol. The summed E-state index contributed by atoms with van der Waals surface area (Å²) in [6, 6.07) is 2.84. The number of non-ortho nitro benzene ring substituents is 1. The van der Waals surface area contributed by atoms with Gasteiger partial charge in [-0.05, 0) is 43.6 Å². The summed E-state index contributed by atoms with van der Waals surface area (Å²) in [4.78, 5) is 61.6. The molecule has 0 aromatic heterocycles. The number of amides is 4. The van der Waals surface area contributed by atoms with Crippen molar-refractivity contribution in [3.63, 3.8) is 0 Å². The van der Waals surface area contributed by atoms with E-state index in [0.29, 0.717) is 12.8 Å². The molecule has 1 aliphatic heterocycles. The number of imide groups is 1. The molecule has 4 amide bonds. The maximum absolute atomic E-state index is 13.1. The van der Waals surface area contributed by atoms with Gasteiger partial charge in [-0.1, -0.05) is 32.4 Å². The SMILES string of the molecule is CC1CC(C)(C)CC2(C1)NC(=O)N(CC(=O)OC(C)C(=O)Nc1cc([N+](=O)[O-])ccc1Cl)C2=O. The van der Waals surface area contributed by atoms with Gasteiger partial charge in [-0.3, -0.25) is 29.4 Å². The molecule has 3 rings (SSSR count). The highest BCUT2D eigenvalue weighted by Crippen LogP contribution is 2.46. The number of nitrogens with zero attached hydrogens (tertiary/aromatic N) is 2. The van der Waals surface area contributed by atoms with Gasteiger partial charge in [-0.15, -0.1) is 0 Å². The summed E-state index contributed by atoms with van der Waals surface area (Å²) in [5, 5.41) is 16.1. The van der Waals surface area contributed by atoms with Crippen molar-refractivity contribution in [2.75, 3.05) is 11.9 Å². The number of benzene rings is 1. The zero-order chi connectivity index (χ0) is 25.4. The van der Waals surface area contributed by atoms with Crippen molar-refractivity contribution < 1.29 is 28.8 Å². The molecule has 3 unspecified atom stereocenters. The standard InChI is InChI=1S/C22H27ClN4O7/c1-12-8-21(3,4)11-22(9-12)19(30)26(20(31)25-22)10-17(28)34-13(2)18(29)24-16-7-14(27(32)33)5-6-15(16)23/h5-7,12-13H,8-11H2,1-4H3,(H,24,29)(H,25,31). The Balaban J connectivity index is 1.62. The number of anilines is 1. The van der Waals surface area contributed by atoms with Gasteiger partial charge in [0.2, 0.25) is 0 Å². The molecule has 34 heavy (non-hydrogen) atoms. The Morgan fingerprint density at radius 2 is 2.03 bits per heavy atom. The predicted octanol–water partition coefficient (Wildman–Crippen LogP) is 3.26. The minimum absolute atomic E-state index is 0.0196. The van der Waals surface area contributed by atoms with E-state index in [1.165, 1.54) is 19.1 Å². The molecule has 1 aliphatic carbocycles. The second kappa shape index (κ2) is 9.21. The van der Waals surface area contributed by atoms with Gasteiger partial charge >= 0.3 is 12.0 Å². The highest BCUT2D eigenvalue weighted by atomic mass is 35.5. The first-order valence-corrected chi connectivity index (χ1v) is 11.2. The summed E-state index contributed by atoms with van der Waals surface area (Å²) in [5.74, 6) is -2.00. The topological polar surface area (TPSA) is 148 Å². The Bertz CT molecular complexity index is 1060. The van der Waals surface area contributed by atoms with Crippen LogP contribution in [0.25, 0.3) is 0 Å². The Morgan fingerprint density at radius 1 is 1.35 bits per heavy atom. The fourth-order valence-corrected chi connectivity index (χ4v) is 5.19. The fourth-order valence-electron chi connectivity index (χ4n) is 5.02. The van der Waals surface area contributed by atoms with E-state index in [1.807, 2.05) is 20.8 Å². The summed E-state index contributed by atoms with van der Waals surface area (Å²) in [6.45, 7) is 6.74. The van der Waals surface area contributed by atoms with Crippen LogP contribution in [0.3, 0.4) is 0 Å². The summed E-state index contributed by atoms with van der Waals surface area (Å²) in [5.41, 5.74) is -1.51. The average Bonchev–Trinajstić information content (AvgIpc) is 2.90. The normalized spacial score (nSPS) is 24.5. The smallest absolute Gasteiger partial charge is 0.327 e. The van der Waals surface area contributed by atoms with E-state index in [1.54, 1.807) is 0 Å². The number of carbonyl (C=O) groups excluding carboxylic acids is 4. The molecule has 12 heteroatoms. The van der Waals surface area contributed by atoms with Crippen molar-refractivity contribution in [1.82, 2.24) is 10.2 Å². The van der Waals surface area contributed by atoms with Crippen LogP contribution in [-0.2, 0) is 19.1 Å². The number of carbonyl (C=O) groups is 4. The lowest BCUT2D eigenvalue weighted by molar-refractivity contribution is -0.384. The molecule has 1 saturated carbocycles. The minimum atomic E-state index is -1.31. The molecule has 3 atom stereocenters. The van der Waals surface area contributed by atoms with Gasteiger partial charge in [-0.25, -0.2) is 4.79 Å². The molecule has 1 saturated heterocycles. The maximum Gasteiger partial charge on any atom is 0.327 e. The van der Waals surface area contributed by atoms with Crippen LogP contribution < -0.4 is 10.6 Å². The number of nitro groups is 1. The molecule has 2 fully saturated rings. The average molecular weight is 495 g/mol. The molecular formula is C22H27ClN4O7. The van der Waals surface area contributed by atoms with E-state index in [4.69, 9.17) is 16.3 Å². The summed E-state index contributed by atoms with van der Waals surface area (Å²) in [7, 11) is 0. The quantitative estimate of drug-likeness (QED) is 0.267. The molecule has 184 valence electrons. The van der Waals surface area contributed by atoms with Crippen LogP contribution >= 0.6 is 11.6 Å². The first-order chi connectivity index (χ1) is 15.7. The molecule has 11 nitrogen and oxygen atoms in total. The summed E-state index contributed by atoms with van der Waals surface area (Å²) >= 11 is 5.97. The van der Waals surface area contributed by atoms with Crippen LogP contribution in [-0.4, -0.2) is 51.8 Å². The van der Waals surface area contributed by atoms with Gasteiger partial charge in [0.25, 0.3) is 17.5 Å². The third kappa shape index (κ3) is 5.30. The molecule has 2 N–H and O–H groups in total. The molecule has 1 aromatic rings. The Morgan fingerprint density at radius 3 is 2.65 bits per heavy atom. The van der Waals surface area contributed by atoms with Gasteiger partial charge in [0, 0.05) is 12.1 Å². The predicted molar refractivity (Wildman–Crippen MR) is 122 cm³/mol. The number of esters is 1. The molecule has 1 heterocycles. The summed E-state index contributed by atoms with van der Waals surface area (Å²) in [6.07, 6.45) is 0.547. The van der Waals surface area contributed by atoms with Crippen LogP contribution in [0.1, 0.15) is 47.0 Å². The van der Waals surface area contributed by atoms with E-state index < -0.39 is 46.9 Å². The number of rotatable bonds is 6. The van der Waals surface area contributed by atoms with Crippen molar-refractivity contribution in [2.24, 2.45) is 11.3 Å². The second-order valence-electron chi connectivity index (χ2n) is 9.80. The number of urea groups is 1. The third-order valence-electron chi connectivity index (χ3n) is 6.01. The molecular weight excluding hydrogens is 468 g/mol. The van der Waals surface area contributed by atoms with Crippen molar-refractivity contribution in [3.05, 3.63) is 33.3 Å². The van der Waals surface area contributed by atoms with E-state index >= 15 is 0 Å². The number of ether oxygens (including phenoxy) is 1. The number of hydrogen-bond acceptors (Lipinski definition) is 7. The van der Waals surface area contributed by atoms with Crippen molar-refractivity contribution in [2.45, 2.75) is 58.6 Å². The van der Waals surface area contributed by atoms with E-state index in [-0.39, 0.29) is 27.7 Å². The zero-order valence-corrected chi connectivity index (χ0v) is 20.1.